The number of carbonyl (C=O) groups excluding carboxylic acids is 1. The number of nitrogens with one attached hydrogen (secondary N) is 1. The van der Waals surface area contributed by atoms with Gasteiger partial charge in [-0.1, -0.05) is 31.4 Å². The number of nitrogens with zero attached hydrogens (tertiary/aromatic N) is 2. The van der Waals surface area contributed by atoms with Gasteiger partial charge in [0, 0.05) is 12.7 Å². The number of aromatic nitrogens is 2. The highest BCUT2D eigenvalue weighted by atomic mass is 19.4. The van der Waals surface area contributed by atoms with Crippen LogP contribution in [0.2, 0.25) is 0 Å². The van der Waals surface area contributed by atoms with Crippen molar-refractivity contribution >= 4 is 12.1 Å². The lowest BCUT2D eigenvalue weighted by atomic mass is 10.2. The monoisotopic (exact) mass is 283 g/mol. The van der Waals surface area contributed by atoms with Crippen molar-refractivity contribution in [2.45, 2.75) is 6.18 Å². The normalized spacial score (nSPS) is 11.8. The van der Waals surface area contributed by atoms with Crippen molar-refractivity contribution in [1.82, 2.24) is 9.97 Å². The van der Waals surface area contributed by atoms with Crippen LogP contribution in [-0.2, 0) is 6.18 Å². The third-order valence-corrected chi connectivity index (χ3v) is 2.25. The highest BCUT2D eigenvalue weighted by molar-refractivity contribution is 5.81. The first kappa shape index (κ1) is 15.6. The molecule has 1 heterocycles. The molecule has 0 amide bonds. The first-order valence-corrected chi connectivity index (χ1v) is 5.49. The summed E-state index contributed by atoms with van der Waals surface area (Å²) >= 11 is 0. The number of alkyl halides is 3. The van der Waals surface area contributed by atoms with Gasteiger partial charge in [-0.2, -0.15) is 13.2 Å². The second kappa shape index (κ2) is 6.65. The average Bonchev–Trinajstić information content (AvgIpc) is 2.42. The SMILES string of the molecule is C=C/C=C(\C=C)CNc1nc(C(F)(F)F)ncc1C=O. The third-order valence-electron chi connectivity index (χ3n) is 2.25. The highest BCUT2D eigenvalue weighted by Gasteiger charge is 2.35. The third kappa shape index (κ3) is 4.04. The number of rotatable bonds is 6. The maximum absolute atomic E-state index is 12.5. The maximum Gasteiger partial charge on any atom is 0.451 e. The molecule has 0 spiro atoms. The van der Waals surface area contributed by atoms with Crippen LogP contribution < -0.4 is 5.32 Å². The van der Waals surface area contributed by atoms with Gasteiger partial charge in [-0.3, -0.25) is 4.79 Å². The van der Waals surface area contributed by atoms with E-state index in [1.807, 2.05) is 0 Å². The van der Waals surface area contributed by atoms with E-state index in [0.29, 0.717) is 11.9 Å². The Morgan fingerprint density at radius 1 is 1.40 bits per heavy atom. The molecule has 0 unspecified atom stereocenters. The van der Waals surface area contributed by atoms with E-state index in [2.05, 4.69) is 28.4 Å². The molecule has 7 heteroatoms. The van der Waals surface area contributed by atoms with Crippen molar-refractivity contribution in [1.29, 1.82) is 0 Å². The molecule has 0 aromatic carbocycles. The van der Waals surface area contributed by atoms with Crippen LogP contribution in [0.15, 0.2) is 43.2 Å². The van der Waals surface area contributed by atoms with Gasteiger partial charge in [0.1, 0.15) is 5.82 Å². The standard InChI is InChI=1S/C13H12F3N3O/c1-3-5-9(4-2)6-17-11-10(8-20)7-18-12(19-11)13(14,15)16/h3-5,7-8H,1-2,6H2,(H,17,18,19)/b9-5+. The summed E-state index contributed by atoms with van der Waals surface area (Å²) in [6, 6.07) is 0. The molecule has 1 N–H and O–H groups in total. The Hall–Kier alpha value is -2.44. The Bertz CT molecular complexity index is 550. The Morgan fingerprint density at radius 3 is 2.60 bits per heavy atom. The van der Waals surface area contributed by atoms with Crippen LogP contribution in [0.4, 0.5) is 19.0 Å². The molecule has 1 rings (SSSR count). The first-order valence-electron chi connectivity index (χ1n) is 5.49. The van der Waals surface area contributed by atoms with Crippen LogP contribution in [0.1, 0.15) is 16.2 Å². The molecule has 0 aliphatic carbocycles. The topological polar surface area (TPSA) is 54.9 Å². The van der Waals surface area contributed by atoms with E-state index in [9.17, 15) is 18.0 Å². The van der Waals surface area contributed by atoms with Crippen LogP contribution in [0.3, 0.4) is 0 Å². The molecule has 0 bridgehead atoms. The smallest absolute Gasteiger partial charge is 0.365 e. The maximum atomic E-state index is 12.5. The molecule has 1 aromatic rings. The van der Waals surface area contributed by atoms with Gasteiger partial charge in [0.05, 0.1) is 5.56 Å². The van der Waals surface area contributed by atoms with Crippen molar-refractivity contribution < 1.29 is 18.0 Å². The van der Waals surface area contributed by atoms with Gasteiger partial charge in [0.15, 0.2) is 6.29 Å². The van der Waals surface area contributed by atoms with E-state index >= 15 is 0 Å². The Kier molecular flexibility index (Phi) is 5.19. The molecule has 0 saturated heterocycles. The van der Waals surface area contributed by atoms with Crippen LogP contribution in [-0.4, -0.2) is 22.8 Å². The Morgan fingerprint density at radius 2 is 2.10 bits per heavy atom. The summed E-state index contributed by atoms with van der Waals surface area (Å²) in [5.74, 6) is -1.49. The molecule has 1 aromatic heterocycles. The van der Waals surface area contributed by atoms with Crippen molar-refractivity contribution in [3.63, 3.8) is 0 Å². The van der Waals surface area contributed by atoms with Gasteiger partial charge >= 0.3 is 6.18 Å². The minimum Gasteiger partial charge on any atom is -0.365 e. The minimum atomic E-state index is -4.67. The van der Waals surface area contributed by atoms with Crippen molar-refractivity contribution in [2.75, 3.05) is 11.9 Å². The molecular formula is C13H12F3N3O. The first-order chi connectivity index (χ1) is 9.42. The van der Waals surface area contributed by atoms with Crippen molar-refractivity contribution in [2.24, 2.45) is 0 Å². The largest absolute Gasteiger partial charge is 0.451 e. The molecule has 20 heavy (non-hydrogen) atoms. The molecule has 0 saturated carbocycles. The molecule has 106 valence electrons. The van der Waals surface area contributed by atoms with Gasteiger partial charge in [-0.25, -0.2) is 9.97 Å². The van der Waals surface area contributed by atoms with Crippen LogP contribution in [0.25, 0.3) is 0 Å². The zero-order valence-electron chi connectivity index (χ0n) is 10.4. The lowest BCUT2D eigenvalue weighted by molar-refractivity contribution is -0.144. The molecular weight excluding hydrogens is 271 g/mol. The van der Waals surface area contributed by atoms with Gasteiger partial charge in [0.25, 0.3) is 0 Å². The molecule has 4 nitrogen and oxygen atoms in total. The molecule has 0 radical (unpaired) electrons. The van der Waals surface area contributed by atoms with Gasteiger partial charge in [-0.15, -0.1) is 0 Å². The van der Waals surface area contributed by atoms with Crippen LogP contribution in [0, 0.1) is 0 Å². The van der Waals surface area contributed by atoms with Crippen LogP contribution in [0.5, 0.6) is 0 Å². The lowest BCUT2D eigenvalue weighted by Crippen LogP contribution is -2.15. The van der Waals surface area contributed by atoms with Gasteiger partial charge < -0.3 is 5.32 Å². The summed E-state index contributed by atoms with van der Waals surface area (Å²) in [6.45, 7) is 7.21. The Labute approximate surface area is 113 Å². The van der Waals surface area contributed by atoms with Gasteiger partial charge in [0.2, 0.25) is 5.82 Å². The number of halogens is 3. The fourth-order valence-corrected chi connectivity index (χ4v) is 1.29. The van der Waals surface area contributed by atoms with E-state index in [0.717, 1.165) is 6.20 Å². The molecule has 0 atom stereocenters. The number of hydrogen-bond donors (Lipinski definition) is 1. The predicted octanol–water partition coefficient (Wildman–Crippen LogP) is 3.02. The van der Waals surface area contributed by atoms with E-state index in [-0.39, 0.29) is 17.9 Å². The van der Waals surface area contributed by atoms with E-state index in [1.54, 1.807) is 6.08 Å². The average molecular weight is 283 g/mol. The fourth-order valence-electron chi connectivity index (χ4n) is 1.29. The number of allylic oxidation sites excluding steroid dienone is 2. The highest BCUT2D eigenvalue weighted by Crippen LogP contribution is 2.27. The van der Waals surface area contributed by atoms with Gasteiger partial charge in [-0.05, 0) is 5.57 Å². The number of anilines is 1. The van der Waals surface area contributed by atoms with Crippen molar-refractivity contribution in [3.8, 4) is 0 Å². The molecule has 0 fully saturated rings. The quantitative estimate of drug-likeness (QED) is 0.644. The fraction of sp³-hybridized carbons (Fsp3) is 0.154. The second-order valence-electron chi connectivity index (χ2n) is 3.65. The summed E-state index contributed by atoms with van der Waals surface area (Å²) in [5, 5.41) is 2.64. The van der Waals surface area contributed by atoms with E-state index in [4.69, 9.17) is 0 Å². The minimum absolute atomic E-state index is 0.0555. The number of carbonyl (C=O) groups is 1. The lowest BCUT2D eigenvalue weighted by Gasteiger charge is -2.11. The summed E-state index contributed by atoms with van der Waals surface area (Å²) in [7, 11) is 0. The molecule has 0 aliphatic rings. The summed E-state index contributed by atoms with van der Waals surface area (Å²) in [6.07, 6.45) is 1.20. The summed E-state index contributed by atoms with van der Waals surface area (Å²) in [4.78, 5) is 17.2. The van der Waals surface area contributed by atoms with E-state index < -0.39 is 12.0 Å². The Balaban J connectivity index is 3.03. The summed E-state index contributed by atoms with van der Waals surface area (Å²) in [5.41, 5.74) is 0.629. The number of hydrogen-bond acceptors (Lipinski definition) is 4. The molecule has 0 aliphatic heterocycles. The summed E-state index contributed by atoms with van der Waals surface area (Å²) < 4.78 is 37.5. The predicted molar refractivity (Wildman–Crippen MR) is 69.4 cm³/mol. The zero-order chi connectivity index (χ0) is 15.2. The second-order valence-corrected chi connectivity index (χ2v) is 3.65. The van der Waals surface area contributed by atoms with Crippen LogP contribution >= 0.6 is 0 Å². The zero-order valence-corrected chi connectivity index (χ0v) is 10.4. The van der Waals surface area contributed by atoms with Crippen molar-refractivity contribution in [3.05, 3.63) is 54.5 Å². The number of aldehydes is 1. The van der Waals surface area contributed by atoms with E-state index in [1.165, 1.54) is 12.2 Å².